The Hall–Kier alpha value is -2.21. The van der Waals surface area contributed by atoms with E-state index in [4.69, 9.17) is 0 Å². The van der Waals surface area contributed by atoms with Gasteiger partial charge in [0, 0.05) is 51.5 Å². The molecule has 6 heteroatoms. The molecule has 1 amide bonds. The SMILES string of the molecule is CC(C)[C@@H]1CN(Cc2nccn2C)CCC(=O)N1Cc1ccc(F)cc1. The first-order chi connectivity index (χ1) is 12.4. The lowest BCUT2D eigenvalue weighted by Crippen LogP contribution is -2.45. The van der Waals surface area contributed by atoms with Crippen molar-refractivity contribution in [3.05, 3.63) is 53.9 Å². The van der Waals surface area contributed by atoms with E-state index in [1.807, 2.05) is 22.7 Å². The topological polar surface area (TPSA) is 41.4 Å². The third kappa shape index (κ3) is 4.30. The fraction of sp³-hybridized carbons (Fsp3) is 0.500. The summed E-state index contributed by atoms with van der Waals surface area (Å²) in [6.07, 6.45) is 4.24. The zero-order valence-electron chi connectivity index (χ0n) is 15.7. The van der Waals surface area contributed by atoms with E-state index < -0.39 is 0 Å². The minimum Gasteiger partial charge on any atom is -0.337 e. The molecule has 1 atom stereocenters. The van der Waals surface area contributed by atoms with E-state index >= 15 is 0 Å². The number of amides is 1. The number of nitrogens with zero attached hydrogens (tertiary/aromatic N) is 4. The van der Waals surface area contributed by atoms with Gasteiger partial charge in [-0.2, -0.15) is 0 Å². The molecule has 2 aromatic rings. The van der Waals surface area contributed by atoms with Crippen LogP contribution in [0.25, 0.3) is 0 Å². The summed E-state index contributed by atoms with van der Waals surface area (Å²) in [6, 6.07) is 6.55. The average molecular weight is 358 g/mol. The average Bonchev–Trinajstić information content (AvgIpc) is 2.94. The molecule has 26 heavy (non-hydrogen) atoms. The number of hydrogen-bond donors (Lipinski definition) is 0. The van der Waals surface area contributed by atoms with Crippen molar-refractivity contribution in [3.63, 3.8) is 0 Å². The molecular weight excluding hydrogens is 331 g/mol. The molecule has 1 aromatic carbocycles. The number of hydrogen-bond acceptors (Lipinski definition) is 3. The van der Waals surface area contributed by atoms with Gasteiger partial charge in [0.25, 0.3) is 0 Å². The Morgan fingerprint density at radius 2 is 1.96 bits per heavy atom. The third-order valence-corrected chi connectivity index (χ3v) is 5.13. The first-order valence-corrected chi connectivity index (χ1v) is 9.16. The quantitative estimate of drug-likeness (QED) is 0.825. The maximum absolute atomic E-state index is 13.2. The summed E-state index contributed by atoms with van der Waals surface area (Å²) in [7, 11) is 1.99. The van der Waals surface area contributed by atoms with Crippen LogP contribution < -0.4 is 0 Å². The van der Waals surface area contributed by atoms with Crippen LogP contribution in [-0.4, -0.2) is 44.4 Å². The van der Waals surface area contributed by atoms with E-state index in [0.717, 1.165) is 31.0 Å². The summed E-state index contributed by atoms with van der Waals surface area (Å²) < 4.78 is 15.2. The number of aromatic nitrogens is 2. The van der Waals surface area contributed by atoms with Crippen LogP contribution in [-0.2, 0) is 24.9 Å². The highest BCUT2D eigenvalue weighted by Gasteiger charge is 2.32. The van der Waals surface area contributed by atoms with Gasteiger partial charge < -0.3 is 9.47 Å². The predicted octanol–water partition coefficient (Wildman–Crippen LogP) is 2.82. The van der Waals surface area contributed by atoms with Crippen molar-refractivity contribution in [2.45, 2.75) is 39.4 Å². The molecule has 0 bridgehead atoms. The van der Waals surface area contributed by atoms with E-state index in [-0.39, 0.29) is 17.8 Å². The second-order valence-corrected chi connectivity index (χ2v) is 7.40. The van der Waals surface area contributed by atoms with Gasteiger partial charge in [0.05, 0.1) is 6.54 Å². The molecule has 5 nitrogen and oxygen atoms in total. The van der Waals surface area contributed by atoms with Crippen LogP contribution >= 0.6 is 0 Å². The van der Waals surface area contributed by atoms with Gasteiger partial charge in [0.1, 0.15) is 11.6 Å². The zero-order valence-corrected chi connectivity index (χ0v) is 15.7. The fourth-order valence-corrected chi connectivity index (χ4v) is 3.49. The fourth-order valence-electron chi connectivity index (χ4n) is 3.49. The molecule has 0 aliphatic carbocycles. The Morgan fingerprint density at radius 3 is 2.58 bits per heavy atom. The summed E-state index contributed by atoms with van der Waals surface area (Å²) >= 11 is 0. The first kappa shape index (κ1) is 18.6. The van der Waals surface area contributed by atoms with Crippen LogP contribution in [0.15, 0.2) is 36.7 Å². The highest BCUT2D eigenvalue weighted by Crippen LogP contribution is 2.22. The Balaban J connectivity index is 1.77. The number of benzene rings is 1. The number of imidazole rings is 1. The highest BCUT2D eigenvalue weighted by atomic mass is 19.1. The van der Waals surface area contributed by atoms with E-state index in [1.54, 1.807) is 18.3 Å². The van der Waals surface area contributed by atoms with Gasteiger partial charge >= 0.3 is 0 Å². The van der Waals surface area contributed by atoms with Crippen molar-refractivity contribution in [1.29, 1.82) is 0 Å². The number of halogens is 1. The monoisotopic (exact) mass is 358 g/mol. The molecular formula is C20H27FN4O. The van der Waals surface area contributed by atoms with Gasteiger partial charge in [-0.25, -0.2) is 9.37 Å². The van der Waals surface area contributed by atoms with Crippen molar-refractivity contribution in [2.24, 2.45) is 13.0 Å². The first-order valence-electron chi connectivity index (χ1n) is 9.16. The van der Waals surface area contributed by atoms with Crippen molar-refractivity contribution in [2.75, 3.05) is 13.1 Å². The molecule has 0 unspecified atom stereocenters. The number of carbonyl (C=O) groups is 1. The van der Waals surface area contributed by atoms with Crippen LogP contribution in [0, 0.1) is 11.7 Å². The third-order valence-electron chi connectivity index (χ3n) is 5.13. The summed E-state index contributed by atoms with van der Waals surface area (Å²) in [4.78, 5) is 21.5. The van der Waals surface area contributed by atoms with Gasteiger partial charge in [0.2, 0.25) is 5.91 Å². The van der Waals surface area contributed by atoms with Crippen molar-refractivity contribution in [1.82, 2.24) is 19.4 Å². The molecule has 0 N–H and O–H groups in total. The van der Waals surface area contributed by atoms with Crippen molar-refractivity contribution in [3.8, 4) is 0 Å². The summed E-state index contributed by atoms with van der Waals surface area (Å²) in [5, 5.41) is 0. The minimum absolute atomic E-state index is 0.121. The van der Waals surface area contributed by atoms with Crippen LogP contribution in [0.1, 0.15) is 31.7 Å². The standard InChI is InChI=1S/C20H27FN4O/c1-15(2)18-13-24(14-19-22-9-11-23(19)3)10-8-20(26)25(18)12-16-4-6-17(21)7-5-16/h4-7,9,11,15,18H,8,10,12-14H2,1-3H3/t18-/m0/s1. The summed E-state index contributed by atoms with van der Waals surface area (Å²) in [6.45, 7) is 7.12. The van der Waals surface area contributed by atoms with Gasteiger partial charge in [-0.15, -0.1) is 0 Å². The smallest absolute Gasteiger partial charge is 0.224 e. The molecule has 1 aromatic heterocycles. The molecule has 1 fully saturated rings. The lowest BCUT2D eigenvalue weighted by molar-refractivity contribution is -0.134. The van der Waals surface area contributed by atoms with Crippen LogP contribution in [0.2, 0.25) is 0 Å². The second-order valence-electron chi connectivity index (χ2n) is 7.40. The lowest BCUT2D eigenvalue weighted by Gasteiger charge is -2.34. The largest absolute Gasteiger partial charge is 0.337 e. The van der Waals surface area contributed by atoms with E-state index in [2.05, 4.69) is 23.7 Å². The molecule has 1 aliphatic rings. The zero-order chi connectivity index (χ0) is 18.7. The van der Waals surface area contributed by atoms with Crippen LogP contribution in [0.5, 0.6) is 0 Å². The predicted molar refractivity (Wildman–Crippen MR) is 98.7 cm³/mol. The van der Waals surface area contributed by atoms with Gasteiger partial charge in [0.15, 0.2) is 0 Å². The molecule has 140 valence electrons. The van der Waals surface area contributed by atoms with Gasteiger partial charge in [-0.3, -0.25) is 9.69 Å². The van der Waals surface area contributed by atoms with E-state index in [0.29, 0.717) is 18.9 Å². The minimum atomic E-state index is -0.252. The van der Waals surface area contributed by atoms with Crippen molar-refractivity contribution >= 4 is 5.91 Å². The molecule has 0 radical (unpaired) electrons. The van der Waals surface area contributed by atoms with Gasteiger partial charge in [-0.1, -0.05) is 26.0 Å². The molecule has 1 saturated heterocycles. The maximum atomic E-state index is 13.2. The van der Waals surface area contributed by atoms with Crippen LogP contribution in [0.4, 0.5) is 4.39 Å². The second kappa shape index (κ2) is 7.99. The molecule has 3 rings (SSSR count). The normalized spacial score (nSPS) is 19.2. The Bertz CT molecular complexity index is 741. The maximum Gasteiger partial charge on any atom is 0.224 e. The Morgan fingerprint density at radius 1 is 1.23 bits per heavy atom. The summed E-state index contributed by atoms with van der Waals surface area (Å²) in [5.41, 5.74) is 0.961. The number of aryl methyl sites for hydroxylation is 1. The Labute approximate surface area is 154 Å². The lowest BCUT2D eigenvalue weighted by atomic mass is 10.0. The molecule has 2 heterocycles. The molecule has 0 spiro atoms. The Kier molecular flexibility index (Phi) is 5.71. The van der Waals surface area contributed by atoms with E-state index in [9.17, 15) is 9.18 Å². The summed E-state index contributed by atoms with van der Waals surface area (Å²) in [5.74, 6) is 1.25. The molecule has 1 aliphatic heterocycles. The number of rotatable bonds is 5. The number of carbonyl (C=O) groups excluding carboxylic acids is 1. The van der Waals surface area contributed by atoms with E-state index in [1.165, 1.54) is 12.1 Å². The molecule has 0 saturated carbocycles. The van der Waals surface area contributed by atoms with Crippen LogP contribution in [0.3, 0.4) is 0 Å². The van der Waals surface area contributed by atoms with Crippen molar-refractivity contribution < 1.29 is 9.18 Å². The van der Waals surface area contributed by atoms with Gasteiger partial charge in [-0.05, 0) is 23.6 Å². The highest BCUT2D eigenvalue weighted by molar-refractivity contribution is 5.77.